The van der Waals surface area contributed by atoms with E-state index >= 15 is 0 Å². The molecule has 106 valence electrons. The molecule has 0 saturated carbocycles. The maximum absolute atomic E-state index is 6.36. The summed E-state index contributed by atoms with van der Waals surface area (Å²) in [5, 5.41) is 8.55. The van der Waals surface area contributed by atoms with E-state index in [0.717, 1.165) is 31.2 Å². The second-order valence-electron chi connectivity index (χ2n) is 5.23. The first-order valence-corrected chi connectivity index (χ1v) is 7.28. The highest BCUT2D eigenvalue weighted by atomic mass is 35.5. The molecule has 1 aliphatic heterocycles. The molecule has 0 radical (unpaired) electrons. The molecule has 1 aliphatic rings. The summed E-state index contributed by atoms with van der Waals surface area (Å²) in [5.74, 6) is 0. The number of halogens is 1. The highest BCUT2D eigenvalue weighted by Gasteiger charge is 2.25. The van der Waals surface area contributed by atoms with Crippen molar-refractivity contribution < 1.29 is 0 Å². The molecule has 0 bridgehead atoms. The van der Waals surface area contributed by atoms with Crippen LogP contribution >= 0.6 is 11.6 Å². The fourth-order valence-corrected chi connectivity index (χ4v) is 3.04. The normalized spacial score (nSPS) is 20.2. The van der Waals surface area contributed by atoms with Crippen molar-refractivity contribution in [1.82, 2.24) is 20.0 Å². The Bertz CT molecular complexity index is 581. The summed E-state index contributed by atoms with van der Waals surface area (Å²) in [7, 11) is 1.95. The van der Waals surface area contributed by atoms with Gasteiger partial charge in [0, 0.05) is 56.1 Å². The molecule has 1 atom stereocenters. The Hall–Kier alpha value is -1.36. The lowest BCUT2D eigenvalue weighted by molar-refractivity contribution is 0.154. The van der Waals surface area contributed by atoms with E-state index in [-0.39, 0.29) is 0 Å². The minimum absolute atomic E-state index is 0.317. The van der Waals surface area contributed by atoms with Crippen molar-refractivity contribution in [2.75, 3.05) is 19.6 Å². The molecule has 0 spiro atoms. The van der Waals surface area contributed by atoms with Crippen LogP contribution in [0.25, 0.3) is 0 Å². The fraction of sp³-hybridized carbons (Fsp3) is 0.400. The lowest BCUT2D eigenvalue weighted by Crippen LogP contribution is -2.45. The van der Waals surface area contributed by atoms with Crippen molar-refractivity contribution in [3.63, 3.8) is 0 Å². The van der Waals surface area contributed by atoms with E-state index in [1.807, 2.05) is 30.1 Å². The van der Waals surface area contributed by atoms with Crippen LogP contribution in [0.15, 0.2) is 36.7 Å². The Labute approximate surface area is 124 Å². The molecule has 1 unspecified atom stereocenters. The Morgan fingerprint density at radius 2 is 2.25 bits per heavy atom. The number of piperazine rings is 1. The van der Waals surface area contributed by atoms with E-state index in [1.165, 1.54) is 11.1 Å². The van der Waals surface area contributed by atoms with E-state index in [0.29, 0.717) is 6.04 Å². The number of benzene rings is 1. The zero-order chi connectivity index (χ0) is 13.9. The van der Waals surface area contributed by atoms with Crippen molar-refractivity contribution in [1.29, 1.82) is 0 Å². The lowest BCUT2D eigenvalue weighted by Gasteiger charge is -2.36. The largest absolute Gasteiger partial charge is 0.314 e. The number of hydrogen-bond acceptors (Lipinski definition) is 3. The highest BCUT2D eigenvalue weighted by molar-refractivity contribution is 6.31. The van der Waals surface area contributed by atoms with Gasteiger partial charge in [0.05, 0.1) is 6.20 Å². The van der Waals surface area contributed by atoms with Gasteiger partial charge in [-0.1, -0.05) is 29.8 Å². The summed E-state index contributed by atoms with van der Waals surface area (Å²) < 4.78 is 1.85. The number of nitrogens with one attached hydrogen (secondary N) is 1. The molecule has 20 heavy (non-hydrogen) atoms. The van der Waals surface area contributed by atoms with Gasteiger partial charge < -0.3 is 5.32 Å². The molecule has 0 amide bonds. The van der Waals surface area contributed by atoms with Gasteiger partial charge in [-0.05, 0) is 11.6 Å². The van der Waals surface area contributed by atoms with Crippen molar-refractivity contribution in [2.45, 2.75) is 12.6 Å². The first-order chi connectivity index (χ1) is 9.74. The molecular weight excluding hydrogens is 272 g/mol. The monoisotopic (exact) mass is 290 g/mol. The maximum atomic E-state index is 6.36. The molecule has 1 N–H and O–H groups in total. The summed E-state index contributed by atoms with van der Waals surface area (Å²) in [5.41, 5.74) is 2.44. The molecule has 1 aromatic heterocycles. The Morgan fingerprint density at radius 1 is 1.40 bits per heavy atom. The van der Waals surface area contributed by atoms with Gasteiger partial charge in [0.1, 0.15) is 0 Å². The molecule has 3 rings (SSSR count). The van der Waals surface area contributed by atoms with Crippen molar-refractivity contribution in [3.8, 4) is 0 Å². The standard InChI is InChI=1S/C15H19ClN4/c1-19-10-12(8-18-19)11-20-7-6-17-9-15(20)13-4-2-3-5-14(13)16/h2-5,8,10,15,17H,6-7,9,11H2,1H3. The zero-order valence-corrected chi connectivity index (χ0v) is 12.3. The van der Waals surface area contributed by atoms with Crippen LogP contribution in [0.4, 0.5) is 0 Å². The van der Waals surface area contributed by atoms with Crippen LogP contribution in [0.3, 0.4) is 0 Å². The van der Waals surface area contributed by atoms with Gasteiger partial charge in [-0.3, -0.25) is 9.58 Å². The minimum Gasteiger partial charge on any atom is -0.314 e. The zero-order valence-electron chi connectivity index (χ0n) is 11.6. The van der Waals surface area contributed by atoms with Gasteiger partial charge in [0.2, 0.25) is 0 Å². The van der Waals surface area contributed by atoms with E-state index < -0.39 is 0 Å². The van der Waals surface area contributed by atoms with Gasteiger partial charge in [-0.25, -0.2) is 0 Å². The first-order valence-electron chi connectivity index (χ1n) is 6.91. The van der Waals surface area contributed by atoms with Crippen LogP contribution in [-0.2, 0) is 13.6 Å². The first kappa shape index (κ1) is 13.6. The molecule has 1 fully saturated rings. The summed E-state index contributed by atoms with van der Waals surface area (Å²) in [6.07, 6.45) is 4.01. The van der Waals surface area contributed by atoms with Crippen molar-refractivity contribution in [3.05, 3.63) is 52.8 Å². The number of nitrogens with zero attached hydrogens (tertiary/aromatic N) is 3. The fourth-order valence-electron chi connectivity index (χ4n) is 2.78. The van der Waals surface area contributed by atoms with E-state index in [2.05, 4.69) is 33.6 Å². The van der Waals surface area contributed by atoms with Crippen LogP contribution in [0.5, 0.6) is 0 Å². The van der Waals surface area contributed by atoms with Gasteiger partial charge in [-0.2, -0.15) is 5.10 Å². The quantitative estimate of drug-likeness (QED) is 0.941. The second-order valence-corrected chi connectivity index (χ2v) is 5.64. The van der Waals surface area contributed by atoms with Crippen LogP contribution in [0, 0.1) is 0 Å². The third kappa shape index (κ3) is 2.87. The van der Waals surface area contributed by atoms with Crippen molar-refractivity contribution >= 4 is 11.6 Å². The topological polar surface area (TPSA) is 33.1 Å². The number of hydrogen-bond donors (Lipinski definition) is 1. The van der Waals surface area contributed by atoms with Crippen LogP contribution < -0.4 is 5.32 Å². The van der Waals surface area contributed by atoms with Crippen LogP contribution in [-0.4, -0.2) is 34.3 Å². The molecule has 4 nitrogen and oxygen atoms in total. The Kier molecular flexibility index (Phi) is 4.05. The molecule has 1 aromatic carbocycles. The summed E-state index contributed by atoms with van der Waals surface area (Å²) in [6, 6.07) is 8.44. The molecule has 2 aromatic rings. The third-order valence-electron chi connectivity index (χ3n) is 3.76. The van der Waals surface area contributed by atoms with E-state index in [1.54, 1.807) is 0 Å². The average molecular weight is 291 g/mol. The molecule has 1 saturated heterocycles. The van der Waals surface area contributed by atoms with Gasteiger partial charge in [-0.15, -0.1) is 0 Å². The summed E-state index contributed by atoms with van der Waals surface area (Å²) in [4.78, 5) is 2.47. The van der Waals surface area contributed by atoms with Crippen molar-refractivity contribution in [2.24, 2.45) is 7.05 Å². The van der Waals surface area contributed by atoms with Gasteiger partial charge in [0.25, 0.3) is 0 Å². The van der Waals surface area contributed by atoms with Gasteiger partial charge in [0.15, 0.2) is 0 Å². The van der Waals surface area contributed by atoms with Gasteiger partial charge >= 0.3 is 0 Å². The molecule has 5 heteroatoms. The number of aryl methyl sites for hydroxylation is 1. The smallest absolute Gasteiger partial charge is 0.0534 e. The third-order valence-corrected chi connectivity index (χ3v) is 4.11. The number of rotatable bonds is 3. The second kappa shape index (κ2) is 5.95. The summed E-state index contributed by atoms with van der Waals surface area (Å²) in [6.45, 7) is 3.88. The Morgan fingerprint density at radius 3 is 3.00 bits per heavy atom. The number of aromatic nitrogens is 2. The SMILES string of the molecule is Cn1cc(CN2CCNCC2c2ccccc2Cl)cn1. The predicted molar refractivity (Wildman–Crippen MR) is 80.7 cm³/mol. The molecule has 0 aliphatic carbocycles. The minimum atomic E-state index is 0.317. The predicted octanol–water partition coefficient (Wildman–Crippen LogP) is 2.22. The summed E-state index contributed by atoms with van der Waals surface area (Å²) >= 11 is 6.36. The van der Waals surface area contributed by atoms with E-state index in [9.17, 15) is 0 Å². The van der Waals surface area contributed by atoms with Crippen LogP contribution in [0.2, 0.25) is 5.02 Å². The maximum Gasteiger partial charge on any atom is 0.0534 e. The lowest BCUT2D eigenvalue weighted by atomic mass is 10.0. The Balaban J connectivity index is 1.82. The van der Waals surface area contributed by atoms with E-state index in [4.69, 9.17) is 11.6 Å². The highest BCUT2D eigenvalue weighted by Crippen LogP contribution is 2.29. The molecular formula is C15H19ClN4. The van der Waals surface area contributed by atoms with Crippen LogP contribution in [0.1, 0.15) is 17.2 Å². The average Bonchev–Trinajstić information content (AvgIpc) is 2.86. The molecule has 2 heterocycles.